The van der Waals surface area contributed by atoms with E-state index in [1.807, 2.05) is 20.8 Å². The molecule has 1 unspecified atom stereocenters. The SMILES string of the molecule is CCO[Si](CCCC1CC(=O)C(=O)C1=O)(OCC)OCC. The molecule has 1 rings (SSSR count). The average Bonchev–Trinajstić information content (AvgIpc) is 2.67. The van der Waals surface area contributed by atoms with Crippen molar-refractivity contribution in [2.24, 2.45) is 5.92 Å². The quantitative estimate of drug-likeness (QED) is 0.449. The molecule has 1 aliphatic rings. The topological polar surface area (TPSA) is 78.9 Å². The van der Waals surface area contributed by atoms with Crippen LogP contribution in [0.4, 0.5) is 0 Å². The Hall–Kier alpha value is -0.893. The van der Waals surface area contributed by atoms with Crippen molar-refractivity contribution in [2.75, 3.05) is 19.8 Å². The summed E-state index contributed by atoms with van der Waals surface area (Å²) in [5, 5.41) is 0. The zero-order valence-corrected chi connectivity index (χ0v) is 14.0. The molecule has 0 aromatic rings. The molecule has 7 heteroatoms. The summed E-state index contributed by atoms with van der Waals surface area (Å²) in [5.41, 5.74) is 0. The van der Waals surface area contributed by atoms with Gasteiger partial charge < -0.3 is 13.3 Å². The highest BCUT2D eigenvalue weighted by molar-refractivity contribution is 6.67. The predicted octanol–water partition coefficient (Wildman–Crippen LogP) is 1.54. The maximum Gasteiger partial charge on any atom is 0.500 e. The van der Waals surface area contributed by atoms with Crippen LogP contribution in [-0.2, 0) is 27.7 Å². The summed E-state index contributed by atoms with van der Waals surface area (Å²) in [7, 11) is -2.70. The third-order valence-corrected chi connectivity index (χ3v) is 6.56. The van der Waals surface area contributed by atoms with Gasteiger partial charge in [-0.3, -0.25) is 14.4 Å². The molecular formula is C14H24O6Si. The van der Waals surface area contributed by atoms with Crippen LogP contribution in [-0.4, -0.2) is 46.0 Å². The minimum atomic E-state index is -2.70. The second-order valence-corrected chi connectivity index (χ2v) is 7.62. The Morgan fingerprint density at radius 3 is 1.90 bits per heavy atom. The Morgan fingerprint density at radius 1 is 1.00 bits per heavy atom. The zero-order valence-electron chi connectivity index (χ0n) is 13.0. The molecule has 0 N–H and O–H groups in total. The van der Waals surface area contributed by atoms with Gasteiger partial charge in [-0.1, -0.05) is 0 Å². The molecular weight excluding hydrogens is 292 g/mol. The van der Waals surface area contributed by atoms with E-state index in [2.05, 4.69) is 0 Å². The van der Waals surface area contributed by atoms with Gasteiger partial charge in [-0.15, -0.1) is 0 Å². The van der Waals surface area contributed by atoms with E-state index in [9.17, 15) is 14.4 Å². The molecule has 0 amide bonds. The molecule has 0 heterocycles. The summed E-state index contributed by atoms with van der Waals surface area (Å²) in [5.74, 6) is -2.42. The third-order valence-electron chi connectivity index (χ3n) is 3.41. The van der Waals surface area contributed by atoms with Gasteiger partial charge in [-0.05, 0) is 33.6 Å². The number of rotatable bonds is 10. The average molecular weight is 316 g/mol. The van der Waals surface area contributed by atoms with E-state index in [1.165, 1.54) is 0 Å². The molecule has 0 spiro atoms. The van der Waals surface area contributed by atoms with E-state index in [4.69, 9.17) is 13.3 Å². The van der Waals surface area contributed by atoms with Crippen LogP contribution >= 0.6 is 0 Å². The van der Waals surface area contributed by atoms with Gasteiger partial charge in [0.2, 0.25) is 11.6 Å². The first-order valence-electron chi connectivity index (χ1n) is 7.52. The van der Waals surface area contributed by atoms with Crippen LogP contribution in [0, 0.1) is 5.92 Å². The minimum Gasteiger partial charge on any atom is -0.374 e. The van der Waals surface area contributed by atoms with Crippen molar-refractivity contribution in [3.63, 3.8) is 0 Å². The van der Waals surface area contributed by atoms with Gasteiger partial charge in [0.25, 0.3) is 5.78 Å². The number of hydrogen-bond acceptors (Lipinski definition) is 6. The number of Topliss-reactive ketones (excluding diaryl/α,β-unsaturated/α-hetero) is 3. The molecule has 0 aliphatic heterocycles. The molecule has 120 valence electrons. The van der Waals surface area contributed by atoms with E-state index in [1.54, 1.807) is 0 Å². The Kier molecular flexibility index (Phi) is 7.37. The Morgan fingerprint density at radius 2 is 1.52 bits per heavy atom. The fourth-order valence-corrected chi connectivity index (χ4v) is 5.17. The first-order valence-corrected chi connectivity index (χ1v) is 9.46. The molecule has 1 aliphatic carbocycles. The van der Waals surface area contributed by atoms with Crippen molar-refractivity contribution in [3.05, 3.63) is 0 Å². The standard InChI is InChI=1S/C14H24O6Si/c1-4-18-21(19-5-2,20-6-3)9-7-8-11-10-12(15)14(17)13(11)16/h11H,4-10H2,1-3H3. The fraction of sp³-hybridized carbons (Fsp3) is 0.786. The maximum absolute atomic E-state index is 11.6. The van der Waals surface area contributed by atoms with Crippen LogP contribution in [0.3, 0.4) is 0 Å². The molecule has 0 bridgehead atoms. The van der Waals surface area contributed by atoms with Crippen LogP contribution < -0.4 is 0 Å². The summed E-state index contributed by atoms with van der Waals surface area (Å²) in [6.45, 7) is 7.18. The van der Waals surface area contributed by atoms with E-state index in [-0.39, 0.29) is 6.42 Å². The molecule has 6 nitrogen and oxygen atoms in total. The second kappa shape index (κ2) is 8.53. The van der Waals surface area contributed by atoms with Crippen LogP contribution in [0.15, 0.2) is 0 Å². The second-order valence-electron chi connectivity index (χ2n) is 4.89. The molecule has 21 heavy (non-hydrogen) atoms. The van der Waals surface area contributed by atoms with E-state index >= 15 is 0 Å². The normalized spacial score (nSPS) is 19.6. The van der Waals surface area contributed by atoms with E-state index < -0.39 is 32.1 Å². The van der Waals surface area contributed by atoms with Gasteiger partial charge in [-0.25, -0.2) is 0 Å². The summed E-state index contributed by atoms with van der Waals surface area (Å²) < 4.78 is 17.2. The highest BCUT2D eigenvalue weighted by Gasteiger charge is 2.42. The third kappa shape index (κ3) is 4.81. The first kappa shape index (κ1) is 18.2. The number of ketones is 3. The molecule has 1 atom stereocenters. The first-order chi connectivity index (χ1) is 9.99. The van der Waals surface area contributed by atoms with Crippen LogP contribution in [0.1, 0.15) is 40.0 Å². The monoisotopic (exact) mass is 316 g/mol. The highest BCUT2D eigenvalue weighted by atomic mass is 28.4. The molecule has 0 saturated heterocycles. The Labute approximate surface area is 126 Å². The molecule has 0 aromatic carbocycles. The van der Waals surface area contributed by atoms with Gasteiger partial charge in [-0.2, -0.15) is 0 Å². The lowest BCUT2D eigenvalue weighted by Crippen LogP contribution is -2.46. The van der Waals surface area contributed by atoms with Crippen LogP contribution in [0.5, 0.6) is 0 Å². The summed E-state index contributed by atoms with van der Waals surface area (Å²) in [6.07, 6.45) is 1.19. The molecule has 1 fully saturated rings. The molecule has 0 radical (unpaired) electrons. The predicted molar refractivity (Wildman–Crippen MR) is 77.8 cm³/mol. The van der Waals surface area contributed by atoms with Crippen molar-refractivity contribution in [2.45, 2.75) is 46.1 Å². The van der Waals surface area contributed by atoms with Crippen molar-refractivity contribution in [1.29, 1.82) is 0 Å². The Balaban J connectivity index is 2.55. The van der Waals surface area contributed by atoms with E-state index in [0.717, 1.165) is 0 Å². The van der Waals surface area contributed by atoms with E-state index in [0.29, 0.717) is 38.7 Å². The van der Waals surface area contributed by atoms with Crippen molar-refractivity contribution < 1.29 is 27.7 Å². The fourth-order valence-electron chi connectivity index (χ4n) is 2.53. The highest BCUT2D eigenvalue weighted by Crippen LogP contribution is 2.25. The number of carbonyl (C=O) groups is 3. The Bertz CT molecular complexity index is 378. The lowest BCUT2D eigenvalue weighted by Gasteiger charge is -2.28. The lowest BCUT2D eigenvalue weighted by molar-refractivity contribution is -0.140. The van der Waals surface area contributed by atoms with Gasteiger partial charge in [0.05, 0.1) is 0 Å². The van der Waals surface area contributed by atoms with Gasteiger partial charge in [0, 0.05) is 38.2 Å². The summed E-state index contributed by atoms with van der Waals surface area (Å²) in [4.78, 5) is 34.0. The van der Waals surface area contributed by atoms with Crippen LogP contribution in [0.25, 0.3) is 0 Å². The van der Waals surface area contributed by atoms with Gasteiger partial charge in [0.15, 0.2) is 0 Å². The molecule has 1 saturated carbocycles. The van der Waals surface area contributed by atoms with Crippen molar-refractivity contribution in [1.82, 2.24) is 0 Å². The van der Waals surface area contributed by atoms with Crippen molar-refractivity contribution >= 4 is 26.2 Å². The minimum absolute atomic E-state index is 0.0458. The maximum atomic E-state index is 11.6. The van der Waals surface area contributed by atoms with Gasteiger partial charge >= 0.3 is 8.80 Å². The lowest BCUT2D eigenvalue weighted by atomic mass is 10.0. The summed E-state index contributed by atoms with van der Waals surface area (Å²) in [6, 6.07) is 0.592. The number of carbonyl (C=O) groups excluding carboxylic acids is 3. The number of hydrogen-bond donors (Lipinski definition) is 0. The zero-order chi connectivity index (χ0) is 15.9. The van der Waals surface area contributed by atoms with Gasteiger partial charge in [0.1, 0.15) is 0 Å². The van der Waals surface area contributed by atoms with Crippen molar-refractivity contribution in [3.8, 4) is 0 Å². The smallest absolute Gasteiger partial charge is 0.374 e. The largest absolute Gasteiger partial charge is 0.500 e. The molecule has 0 aromatic heterocycles. The summed E-state index contributed by atoms with van der Waals surface area (Å²) >= 11 is 0. The van der Waals surface area contributed by atoms with Crippen LogP contribution in [0.2, 0.25) is 6.04 Å².